The number of hydrogen-bond acceptors (Lipinski definition) is 2. The maximum absolute atomic E-state index is 12.9. The first-order valence-corrected chi connectivity index (χ1v) is 4.97. The van der Waals surface area contributed by atoms with Crippen molar-refractivity contribution in [3.8, 4) is 0 Å². The molecule has 2 nitrogen and oxygen atoms in total. The highest BCUT2D eigenvalue weighted by Crippen LogP contribution is 2.41. The monoisotopic (exact) mass is 227 g/mol. The van der Waals surface area contributed by atoms with Crippen LogP contribution in [0, 0.1) is 0 Å². The highest BCUT2D eigenvalue weighted by atomic mass is 19.3. The van der Waals surface area contributed by atoms with Gasteiger partial charge in [0.05, 0.1) is 6.54 Å². The third kappa shape index (κ3) is 2.42. The van der Waals surface area contributed by atoms with E-state index < -0.39 is 30.7 Å². The third-order valence-corrected chi connectivity index (χ3v) is 3.02. The van der Waals surface area contributed by atoms with Crippen LogP contribution in [0.4, 0.5) is 17.6 Å². The molecular weight excluding hydrogens is 214 g/mol. The molecule has 0 bridgehead atoms. The average Bonchev–Trinajstić information content (AvgIpc) is 2.15. The van der Waals surface area contributed by atoms with Gasteiger partial charge >= 0.3 is 0 Å². The summed E-state index contributed by atoms with van der Waals surface area (Å²) in [6, 6.07) is 0. The Morgan fingerprint density at radius 2 is 1.47 bits per heavy atom. The minimum Gasteiger partial charge on any atom is -0.354 e. The highest BCUT2D eigenvalue weighted by Gasteiger charge is 2.49. The van der Waals surface area contributed by atoms with Crippen molar-refractivity contribution in [2.45, 2.75) is 43.3 Å². The lowest BCUT2D eigenvalue weighted by Crippen LogP contribution is -2.61. The molecule has 0 aromatic carbocycles. The van der Waals surface area contributed by atoms with Crippen molar-refractivity contribution in [3.05, 3.63) is 0 Å². The van der Waals surface area contributed by atoms with Crippen molar-refractivity contribution in [2.75, 3.05) is 13.2 Å². The van der Waals surface area contributed by atoms with Gasteiger partial charge in [0.25, 0.3) is 5.92 Å². The Balaban J connectivity index is 1.95. The molecule has 1 saturated heterocycles. The van der Waals surface area contributed by atoms with E-state index in [0.717, 1.165) is 0 Å². The van der Waals surface area contributed by atoms with Crippen molar-refractivity contribution in [3.63, 3.8) is 0 Å². The average molecular weight is 227 g/mol. The van der Waals surface area contributed by atoms with E-state index in [1.54, 1.807) is 0 Å². The Morgan fingerprint density at radius 3 is 1.93 bits per heavy atom. The molecule has 1 aliphatic carbocycles. The van der Waals surface area contributed by atoms with Crippen LogP contribution in [0.15, 0.2) is 0 Å². The van der Waals surface area contributed by atoms with Gasteiger partial charge < -0.3 is 4.74 Å². The van der Waals surface area contributed by atoms with E-state index in [-0.39, 0.29) is 25.7 Å². The fourth-order valence-electron chi connectivity index (χ4n) is 1.98. The van der Waals surface area contributed by atoms with Crippen LogP contribution in [0.1, 0.15) is 25.7 Å². The largest absolute Gasteiger partial charge is 0.354 e. The van der Waals surface area contributed by atoms with Crippen molar-refractivity contribution < 1.29 is 22.3 Å². The van der Waals surface area contributed by atoms with E-state index in [1.165, 1.54) is 0 Å². The molecule has 0 unspecified atom stereocenters. The van der Waals surface area contributed by atoms with Crippen LogP contribution in [0.3, 0.4) is 0 Å². The van der Waals surface area contributed by atoms with Gasteiger partial charge in [-0.2, -0.15) is 0 Å². The van der Waals surface area contributed by atoms with E-state index in [2.05, 4.69) is 5.32 Å². The Labute approximate surface area is 85.0 Å². The van der Waals surface area contributed by atoms with E-state index in [1.807, 2.05) is 0 Å². The van der Waals surface area contributed by atoms with Gasteiger partial charge in [-0.1, -0.05) is 0 Å². The fourth-order valence-corrected chi connectivity index (χ4v) is 1.98. The molecule has 1 N–H and O–H groups in total. The summed E-state index contributed by atoms with van der Waals surface area (Å²) in [4.78, 5) is 0. The van der Waals surface area contributed by atoms with Crippen molar-refractivity contribution >= 4 is 0 Å². The predicted octanol–water partition coefficient (Wildman–Crippen LogP) is 2.15. The first kappa shape index (κ1) is 11.1. The lowest BCUT2D eigenvalue weighted by molar-refractivity contribution is -0.221. The summed E-state index contributed by atoms with van der Waals surface area (Å²) in [5.41, 5.74) is -0.941. The van der Waals surface area contributed by atoms with Crippen LogP contribution < -0.4 is 5.32 Å². The fraction of sp³-hybridized carbons (Fsp3) is 1.00. The SMILES string of the molecule is FC1(F)CCC2(CC1)NCC(F)(F)CO2. The number of rotatable bonds is 0. The van der Waals surface area contributed by atoms with E-state index in [4.69, 9.17) is 4.74 Å². The molecule has 15 heavy (non-hydrogen) atoms. The van der Waals surface area contributed by atoms with Crippen LogP contribution in [0.5, 0.6) is 0 Å². The normalized spacial score (nSPS) is 32.8. The van der Waals surface area contributed by atoms with Gasteiger partial charge in [-0.3, -0.25) is 5.32 Å². The summed E-state index contributed by atoms with van der Waals surface area (Å²) >= 11 is 0. The Kier molecular flexibility index (Phi) is 2.46. The second-order valence-electron chi connectivity index (χ2n) is 4.35. The standard InChI is InChI=1S/C9H13F4NO/c10-7(11)1-3-9(4-2-7)14-5-8(12,13)6-15-9/h14H,1-6H2. The quantitative estimate of drug-likeness (QED) is 0.640. The van der Waals surface area contributed by atoms with Gasteiger partial charge in [-0.05, 0) is 12.8 Å². The maximum atomic E-state index is 12.9. The summed E-state index contributed by atoms with van der Waals surface area (Å²) < 4.78 is 56.3. The molecule has 0 amide bonds. The minimum absolute atomic E-state index is 0.0933. The number of nitrogens with one attached hydrogen (secondary N) is 1. The first-order chi connectivity index (χ1) is 6.83. The number of hydrogen-bond donors (Lipinski definition) is 1. The Morgan fingerprint density at radius 1 is 0.867 bits per heavy atom. The summed E-state index contributed by atoms with van der Waals surface area (Å²) in [7, 11) is 0. The number of ether oxygens (including phenoxy) is 1. The maximum Gasteiger partial charge on any atom is 0.283 e. The molecule has 1 spiro atoms. The minimum atomic E-state index is -2.88. The molecule has 6 heteroatoms. The Hall–Kier alpha value is -0.360. The van der Waals surface area contributed by atoms with E-state index in [9.17, 15) is 17.6 Å². The molecule has 0 aromatic heterocycles. The lowest BCUT2D eigenvalue weighted by Gasteiger charge is -2.45. The predicted molar refractivity (Wildman–Crippen MR) is 45.0 cm³/mol. The first-order valence-electron chi connectivity index (χ1n) is 4.97. The third-order valence-electron chi connectivity index (χ3n) is 3.02. The summed E-state index contributed by atoms with van der Waals surface area (Å²) in [6.45, 7) is -1.16. The highest BCUT2D eigenvalue weighted by molar-refractivity contribution is 4.93. The lowest BCUT2D eigenvalue weighted by atomic mass is 9.88. The molecular formula is C9H13F4NO. The van der Waals surface area contributed by atoms with Crippen LogP contribution in [0.2, 0.25) is 0 Å². The van der Waals surface area contributed by atoms with Gasteiger partial charge in [-0.15, -0.1) is 0 Å². The van der Waals surface area contributed by atoms with Gasteiger partial charge in [0.2, 0.25) is 5.92 Å². The molecule has 2 rings (SSSR count). The second-order valence-corrected chi connectivity index (χ2v) is 4.35. The zero-order valence-electron chi connectivity index (χ0n) is 8.16. The summed E-state index contributed by atoms with van der Waals surface area (Å²) in [6.07, 6.45) is -0.413. The smallest absolute Gasteiger partial charge is 0.283 e. The molecule has 2 aliphatic rings. The van der Waals surface area contributed by atoms with E-state index in [0.29, 0.717) is 0 Å². The van der Waals surface area contributed by atoms with Crippen molar-refractivity contribution in [1.29, 1.82) is 0 Å². The molecule has 88 valence electrons. The van der Waals surface area contributed by atoms with Gasteiger partial charge in [-0.25, -0.2) is 17.6 Å². The molecule has 1 saturated carbocycles. The zero-order valence-corrected chi connectivity index (χ0v) is 8.16. The van der Waals surface area contributed by atoms with Crippen LogP contribution >= 0.6 is 0 Å². The second kappa shape index (κ2) is 3.31. The number of alkyl halides is 4. The molecule has 2 fully saturated rings. The van der Waals surface area contributed by atoms with Gasteiger partial charge in [0.15, 0.2) is 0 Å². The summed E-state index contributed by atoms with van der Waals surface area (Å²) in [5.74, 6) is -5.55. The van der Waals surface area contributed by atoms with Crippen LogP contribution in [-0.4, -0.2) is 30.7 Å². The van der Waals surface area contributed by atoms with Crippen LogP contribution in [0.25, 0.3) is 0 Å². The van der Waals surface area contributed by atoms with Crippen LogP contribution in [-0.2, 0) is 4.74 Å². The summed E-state index contributed by atoms with van der Waals surface area (Å²) in [5, 5.41) is 2.56. The van der Waals surface area contributed by atoms with E-state index >= 15 is 0 Å². The topological polar surface area (TPSA) is 21.3 Å². The number of halogens is 4. The van der Waals surface area contributed by atoms with Crippen molar-refractivity contribution in [2.24, 2.45) is 0 Å². The van der Waals surface area contributed by atoms with Crippen molar-refractivity contribution in [1.82, 2.24) is 5.32 Å². The van der Waals surface area contributed by atoms with Gasteiger partial charge in [0, 0.05) is 12.8 Å². The molecule has 0 radical (unpaired) electrons. The molecule has 0 atom stereocenters. The molecule has 0 aromatic rings. The molecule has 1 heterocycles. The van der Waals surface area contributed by atoms with Gasteiger partial charge in [0.1, 0.15) is 12.3 Å². The zero-order chi connectivity index (χ0) is 11.2. The Bertz CT molecular complexity index is 207. The molecule has 1 aliphatic heterocycles.